The summed E-state index contributed by atoms with van der Waals surface area (Å²) in [6, 6.07) is 9.73. The lowest BCUT2D eigenvalue weighted by atomic mass is 10.1. The van der Waals surface area contributed by atoms with E-state index in [1.165, 1.54) is 24.3 Å². The van der Waals surface area contributed by atoms with Crippen LogP contribution in [0.2, 0.25) is 0 Å². The number of hydrogen-bond donors (Lipinski definition) is 1. The summed E-state index contributed by atoms with van der Waals surface area (Å²) in [5.74, 6) is -1.20. The van der Waals surface area contributed by atoms with Crippen molar-refractivity contribution in [3.63, 3.8) is 0 Å². The maximum Gasteiger partial charge on any atom is 0.251 e. The SMILES string of the molecule is CC(NC(=O)c1ccc(F)c(Br)c1)c1ccccc1F. The van der Waals surface area contributed by atoms with E-state index >= 15 is 0 Å². The molecule has 0 aliphatic carbocycles. The minimum absolute atomic E-state index is 0.212. The number of rotatable bonds is 3. The predicted octanol–water partition coefficient (Wildman–Crippen LogP) is 4.22. The molecule has 20 heavy (non-hydrogen) atoms. The molecule has 1 N–H and O–H groups in total. The Morgan fingerprint density at radius 2 is 1.85 bits per heavy atom. The van der Waals surface area contributed by atoms with Gasteiger partial charge in [-0.15, -0.1) is 0 Å². The highest BCUT2D eigenvalue weighted by Gasteiger charge is 2.15. The largest absolute Gasteiger partial charge is 0.345 e. The lowest BCUT2D eigenvalue weighted by Crippen LogP contribution is -2.27. The maximum absolute atomic E-state index is 13.6. The van der Waals surface area contributed by atoms with E-state index in [0.717, 1.165) is 0 Å². The highest BCUT2D eigenvalue weighted by molar-refractivity contribution is 9.10. The number of amides is 1. The number of benzene rings is 2. The van der Waals surface area contributed by atoms with Crippen LogP contribution in [0, 0.1) is 11.6 Å². The average Bonchev–Trinajstić information content (AvgIpc) is 2.42. The van der Waals surface area contributed by atoms with Crippen molar-refractivity contribution in [2.24, 2.45) is 0 Å². The van der Waals surface area contributed by atoms with E-state index in [-0.39, 0.29) is 16.2 Å². The van der Waals surface area contributed by atoms with Crippen molar-refractivity contribution >= 4 is 21.8 Å². The van der Waals surface area contributed by atoms with Crippen LogP contribution in [0.5, 0.6) is 0 Å². The van der Waals surface area contributed by atoms with Crippen molar-refractivity contribution < 1.29 is 13.6 Å². The molecule has 0 spiro atoms. The molecule has 104 valence electrons. The summed E-state index contributed by atoms with van der Waals surface area (Å²) in [7, 11) is 0. The molecule has 2 aromatic carbocycles. The first-order valence-corrected chi connectivity index (χ1v) is 6.78. The molecule has 1 atom stereocenters. The number of halogens is 3. The third-order valence-electron chi connectivity index (χ3n) is 2.90. The van der Waals surface area contributed by atoms with Crippen LogP contribution in [0.4, 0.5) is 8.78 Å². The zero-order valence-electron chi connectivity index (χ0n) is 10.7. The molecule has 0 aliphatic rings. The van der Waals surface area contributed by atoms with Crippen LogP contribution >= 0.6 is 15.9 Å². The summed E-state index contributed by atoms with van der Waals surface area (Å²) in [5.41, 5.74) is 0.712. The van der Waals surface area contributed by atoms with Crippen molar-refractivity contribution in [1.29, 1.82) is 0 Å². The molecule has 0 saturated carbocycles. The Kier molecular flexibility index (Phi) is 4.49. The second kappa shape index (κ2) is 6.13. The van der Waals surface area contributed by atoms with Gasteiger partial charge in [-0.3, -0.25) is 4.79 Å². The fraction of sp³-hybridized carbons (Fsp3) is 0.133. The first-order chi connectivity index (χ1) is 9.49. The van der Waals surface area contributed by atoms with Crippen LogP contribution in [-0.4, -0.2) is 5.91 Å². The Labute approximate surface area is 123 Å². The van der Waals surface area contributed by atoms with Gasteiger partial charge in [-0.1, -0.05) is 18.2 Å². The molecule has 2 rings (SSSR count). The van der Waals surface area contributed by atoms with Crippen molar-refractivity contribution in [3.05, 3.63) is 69.7 Å². The summed E-state index contributed by atoms with van der Waals surface area (Å²) in [6.45, 7) is 1.69. The molecule has 0 radical (unpaired) electrons. The lowest BCUT2D eigenvalue weighted by molar-refractivity contribution is 0.0939. The lowest BCUT2D eigenvalue weighted by Gasteiger charge is -2.15. The zero-order chi connectivity index (χ0) is 14.7. The van der Waals surface area contributed by atoms with Gasteiger partial charge in [-0.25, -0.2) is 8.78 Å². The van der Waals surface area contributed by atoms with Crippen molar-refractivity contribution in [2.45, 2.75) is 13.0 Å². The number of carbonyl (C=O) groups excluding carboxylic acids is 1. The van der Waals surface area contributed by atoms with E-state index in [9.17, 15) is 13.6 Å². The maximum atomic E-state index is 13.6. The number of carbonyl (C=O) groups is 1. The molecule has 0 aliphatic heterocycles. The van der Waals surface area contributed by atoms with Gasteiger partial charge in [0.2, 0.25) is 0 Å². The fourth-order valence-corrected chi connectivity index (χ4v) is 2.20. The van der Waals surface area contributed by atoms with Crippen LogP contribution < -0.4 is 5.32 Å². The standard InChI is InChI=1S/C15H12BrF2NO/c1-9(11-4-2-3-5-13(11)17)19-15(20)10-6-7-14(18)12(16)8-10/h2-9H,1H3,(H,19,20). The summed E-state index contributed by atoms with van der Waals surface area (Å²) in [6.07, 6.45) is 0. The van der Waals surface area contributed by atoms with Crippen LogP contribution in [0.25, 0.3) is 0 Å². The molecule has 1 unspecified atom stereocenters. The van der Waals surface area contributed by atoms with Crippen LogP contribution in [0.1, 0.15) is 28.9 Å². The third kappa shape index (κ3) is 3.22. The molecule has 2 aromatic rings. The van der Waals surface area contributed by atoms with Crippen molar-refractivity contribution in [1.82, 2.24) is 5.32 Å². The van der Waals surface area contributed by atoms with E-state index < -0.39 is 11.9 Å². The van der Waals surface area contributed by atoms with Gasteiger partial charge in [-0.05, 0) is 47.1 Å². The smallest absolute Gasteiger partial charge is 0.251 e. The Hall–Kier alpha value is -1.75. The Morgan fingerprint density at radius 1 is 1.15 bits per heavy atom. The van der Waals surface area contributed by atoms with E-state index in [1.54, 1.807) is 25.1 Å². The molecular formula is C15H12BrF2NO. The van der Waals surface area contributed by atoms with Gasteiger partial charge >= 0.3 is 0 Å². The van der Waals surface area contributed by atoms with Gasteiger partial charge < -0.3 is 5.32 Å². The third-order valence-corrected chi connectivity index (χ3v) is 3.51. The summed E-state index contributed by atoms with van der Waals surface area (Å²) >= 11 is 3.02. The molecule has 1 amide bonds. The molecule has 0 fully saturated rings. The molecule has 0 bridgehead atoms. The summed E-state index contributed by atoms with van der Waals surface area (Å²) in [4.78, 5) is 12.0. The second-order valence-electron chi connectivity index (χ2n) is 4.35. The first kappa shape index (κ1) is 14.7. The minimum atomic E-state index is -0.479. The zero-order valence-corrected chi connectivity index (χ0v) is 12.2. The Balaban J connectivity index is 2.15. The number of nitrogens with one attached hydrogen (secondary N) is 1. The molecule has 0 saturated heterocycles. The normalized spacial score (nSPS) is 12.0. The monoisotopic (exact) mass is 339 g/mol. The highest BCUT2D eigenvalue weighted by Crippen LogP contribution is 2.19. The Morgan fingerprint density at radius 3 is 2.50 bits per heavy atom. The fourth-order valence-electron chi connectivity index (χ4n) is 1.82. The van der Waals surface area contributed by atoms with Gasteiger partial charge in [0.05, 0.1) is 10.5 Å². The van der Waals surface area contributed by atoms with Gasteiger partial charge in [0.15, 0.2) is 0 Å². The van der Waals surface area contributed by atoms with Crippen molar-refractivity contribution in [2.75, 3.05) is 0 Å². The topological polar surface area (TPSA) is 29.1 Å². The first-order valence-electron chi connectivity index (χ1n) is 5.99. The van der Waals surface area contributed by atoms with E-state index in [4.69, 9.17) is 0 Å². The molecule has 2 nitrogen and oxygen atoms in total. The van der Waals surface area contributed by atoms with Gasteiger partial charge in [0.25, 0.3) is 5.91 Å². The quantitative estimate of drug-likeness (QED) is 0.891. The Bertz CT molecular complexity index is 646. The minimum Gasteiger partial charge on any atom is -0.345 e. The highest BCUT2D eigenvalue weighted by atomic mass is 79.9. The van der Waals surface area contributed by atoms with E-state index in [2.05, 4.69) is 21.2 Å². The van der Waals surface area contributed by atoms with E-state index in [0.29, 0.717) is 11.1 Å². The van der Waals surface area contributed by atoms with Crippen LogP contribution in [0.15, 0.2) is 46.9 Å². The molecule has 0 aromatic heterocycles. The second-order valence-corrected chi connectivity index (χ2v) is 5.20. The van der Waals surface area contributed by atoms with E-state index in [1.807, 2.05) is 0 Å². The van der Waals surface area contributed by atoms with Gasteiger partial charge in [0.1, 0.15) is 11.6 Å². The molecule has 5 heteroatoms. The van der Waals surface area contributed by atoms with Gasteiger partial charge in [0, 0.05) is 11.1 Å². The number of hydrogen-bond acceptors (Lipinski definition) is 1. The molecular weight excluding hydrogens is 328 g/mol. The van der Waals surface area contributed by atoms with Crippen LogP contribution in [-0.2, 0) is 0 Å². The van der Waals surface area contributed by atoms with Gasteiger partial charge in [-0.2, -0.15) is 0 Å². The predicted molar refractivity (Wildman–Crippen MR) is 76.4 cm³/mol. The molecule has 0 heterocycles. The van der Waals surface area contributed by atoms with Crippen molar-refractivity contribution in [3.8, 4) is 0 Å². The summed E-state index contributed by atoms with van der Waals surface area (Å²) in [5, 5.41) is 2.68. The van der Waals surface area contributed by atoms with Crippen LogP contribution in [0.3, 0.4) is 0 Å². The average molecular weight is 340 g/mol. The summed E-state index contributed by atoms with van der Waals surface area (Å²) < 4.78 is 26.9.